The van der Waals surface area contributed by atoms with E-state index in [1.807, 2.05) is 0 Å². The van der Waals surface area contributed by atoms with Gasteiger partial charge in [0.25, 0.3) is 5.91 Å². The standard InChI is InChI=1S/C20H20F3N5O3/c1-11-8-25-14(9-24-11)19(29)27-17(16-10-30-5-6-31-16)18-26-13-7-12(20(21,22)23)3-4-15(13)28(18)2/h3-4,7-9,16-17H,5-6,10H2,1-2H3,(H,27,29)/t16-,17+/m1/s1. The summed E-state index contributed by atoms with van der Waals surface area (Å²) in [6.07, 6.45) is -2.24. The van der Waals surface area contributed by atoms with Crippen LogP contribution in [0.5, 0.6) is 0 Å². The van der Waals surface area contributed by atoms with Gasteiger partial charge in [0, 0.05) is 13.2 Å². The van der Waals surface area contributed by atoms with E-state index in [0.29, 0.717) is 30.2 Å². The molecule has 0 radical (unpaired) electrons. The molecule has 3 aromatic rings. The zero-order valence-corrected chi connectivity index (χ0v) is 16.8. The minimum atomic E-state index is -4.48. The molecule has 1 N–H and O–H groups in total. The lowest BCUT2D eigenvalue weighted by Crippen LogP contribution is -2.44. The molecule has 1 saturated heterocycles. The molecule has 0 unspecified atom stereocenters. The monoisotopic (exact) mass is 435 g/mol. The van der Waals surface area contributed by atoms with E-state index < -0.39 is 29.8 Å². The summed E-state index contributed by atoms with van der Waals surface area (Å²) >= 11 is 0. The number of amides is 1. The number of aryl methyl sites for hydroxylation is 2. The first-order valence-corrected chi connectivity index (χ1v) is 9.56. The third kappa shape index (κ3) is 4.37. The highest BCUT2D eigenvalue weighted by Gasteiger charge is 2.34. The second-order valence-corrected chi connectivity index (χ2v) is 7.21. The summed E-state index contributed by atoms with van der Waals surface area (Å²) in [7, 11) is 1.67. The number of fused-ring (bicyclic) bond motifs is 1. The van der Waals surface area contributed by atoms with Gasteiger partial charge in [0.2, 0.25) is 0 Å². The Balaban J connectivity index is 1.72. The molecule has 8 nitrogen and oxygen atoms in total. The molecule has 1 aliphatic rings. The third-order valence-corrected chi connectivity index (χ3v) is 5.03. The summed E-state index contributed by atoms with van der Waals surface area (Å²) in [5.74, 6) is -0.159. The Morgan fingerprint density at radius 1 is 1.26 bits per heavy atom. The number of imidazole rings is 1. The summed E-state index contributed by atoms with van der Waals surface area (Å²) in [4.78, 5) is 25.3. The van der Waals surface area contributed by atoms with E-state index in [1.165, 1.54) is 18.5 Å². The molecule has 4 rings (SSSR count). The summed E-state index contributed by atoms with van der Waals surface area (Å²) in [5.41, 5.74) is 0.628. The minimum absolute atomic E-state index is 0.102. The van der Waals surface area contributed by atoms with Gasteiger partial charge in [0.05, 0.1) is 48.3 Å². The fraction of sp³-hybridized carbons (Fsp3) is 0.400. The van der Waals surface area contributed by atoms with Crippen LogP contribution < -0.4 is 5.32 Å². The van der Waals surface area contributed by atoms with E-state index in [0.717, 1.165) is 12.1 Å². The molecule has 1 fully saturated rings. The van der Waals surface area contributed by atoms with Crippen molar-refractivity contribution in [1.82, 2.24) is 24.8 Å². The van der Waals surface area contributed by atoms with Crippen LogP contribution in [0.1, 0.15) is 33.6 Å². The molecule has 164 valence electrons. The summed E-state index contributed by atoms with van der Waals surface area (Å²) in [6, 6.07) is 2.57. The SMILES string of the molecule is Cc1cnc(C(=O)N[C@H](c2nc3cc(C(F)(F)F)ccc3n2C)[C@H]2COCCO2)cn1. The van der Waals surface area contributed by atoms with Gasteiger partial charge in [-0.2, -0.15) is 13.2 Å². The Bertz CT molecular complexity index is 1090. The van der Waals surface area contributed by atoms with Crippen LogP contribution in [-0.4, -0.2) is 51.4 Å². The number of hydrogen-bond acceptors (Lipinski definition) is 6. The van der Waals surface area contributed by atoms with Gasteiger partial charge in [-0.25, -0.2) is 9.97 Å². The molecule has 1 amide bonds. The number of carbonyl (C=O) groups excluding carboxylic acids is 1. The summed E-state index contributed by atoms with van der Waals surface area (Å²) < 4.78 is 52.2. The number of nitrogens with zero attached hydrogens (tertiary/aromatic N) is 4. The highest BCUT2D eigenvalue weighted by molar-refractivity contribution is 5.92. The van der Waals surface area contributed by atoms with Crippen LogP contribution in [0.3, 0.4) is 0 Å². The van der Waals surface area contributed by atoms with Crippen LogP contribution in [0.15, 0.2) is 30.6 Å². The zero-order valence-electron chi connectivity index (χ0n) is 16.8. The molecule has 11 heteroatoms. The first-order chi connectivity index (χ1) is 14.7. The van der Waals surface area contributed by atoms with Crippen molar-refractivity contribution >= 4 is 16.9 Å². The lowest BCUT2D eigenvalue weighted by atomic mass is 10.1. The Morgan fingerprint density at radius 2 is 2.06 bits per heavy atom. The predicted octanol–water partition coefficient (Wildman–Crippen LogP) is 2.58. The maximum atomic E-state index is 13.1. The molecule has 0 aliphatic carbocycles. The highest BCUT2D eigenvalue weighted by Crippen LogP contribution is 2.32. The molecule has 1 aliphatic heterocycles. The quantitative estimate of drug-likeness (QED) is 0.678. The summed E-state index contributed by atoms with van der Waals surface area (Å²) in [5, 5.41) is 2.83. The Hall–Kier alpha value is -3.05. The molecule has 3 heterocycles. The van der Waals surface area contributed by atoms with Crippen LogP contribution in [0.25, 0.3) is 11.0 Å². The molecule has 31 heavy (non-hydrogen) atoms. The second kappa shape index (κ2) is 8.23. The number of halogens is 3. The van der Waals surface area contributed by atoms with Crippen molar-refractivity contribution < 1.29 is 27.4 Å². The van der Waals surface area contributed by atoms with E-state index >= 15 is 0 Å². The number of alkyl halides is 3. The van der Waals surface area contributed by atoms with E-state index in [9.17, 15) is 18.0 Å². The van der Waals surface area contributed by atoms with Crippen LogP contribution in [0.4, 0.5) is 13.2 Å². The highest BCUT2D eigenvalue weighted by atomic mass is 19.4. The van der Waals surface area contributed by atoms with Crippen molar-refractivity contribution in [3.05, 3.63) is 53.4 Å². The zero-order chi connectivity index (χ0) is 22.2. The van der Waals surface area contributed by atoms with E-state index in [4.69, 9.17) is 9.47 Å². The molecule has 2 aromatic heterocycles. The maximum Gasteiger partial charge on any atom is 0.416 e. The number of ether oxygens (including phenoxy) is 2. The summed E-state index contributed by atoms with van der Waals surface area (Å²) in [6.45, 7) is 2.68. The van der Waals surface area contributed by atoms with Gasteiger partial charge >= 0.3 is 6.18 Å². The van der Waals surface area contributed by atoms with Crippen molar-refractivity contribution in [3.63, 3.8) is 0 Å². The lowest BCUT2D eigenvalue weighted by Gasteiger charge is -2.30. The molecular formula is C20H20F3N5O3. The van der Waals surface area contributed by atoms with Gasteiger partial charge in [-0.1, -0.05) is 0 Å². The van der Waals surface area contributed by atoms with E-state index in [-0.39, 0.29) is 17.8 Å². The fourth-order valence-corrected chi connectivity index (χ4v) is 3.42. The topological polar surface area (TPSA) is 91.2 Å². The van der Waals surface area contributed by atoms with Gasteiger partial charge < -0.3 is 19.4 Å². The number of nitrogens with one attached hydrogen (secondary N) is 1. The Kier molecular flexibility index (Phi) is 5.63. The van der Waals surface area contributed by atoms with Crippen LogP contribution >= 0.6 is 0 Å². The minimum Gasteiger partial charge on any atom is -0.376 e. The lowest BCUT2D eigenvalue weighted by molar-refractivity contribution is -0.137. The number of rotatable bonds is 4. The first kappa shape index (κ1) is 21.2. The normalized spacial score (nSPS) is 18.2. The Morgan fingerprint density at radius 3 is 2.71 bits per heavy atom. The van der Waals surface area contributed by atoms with Crippen molar-refractivity contribution in [3.8, 4) is 0 Å². The maximum absolute atomic E-state index is 13.1. The molecule has 0 bridgehead atoms. The van der Waals surface area contributed by atoms with Gasteiger partial charge in [-0.05, 0) is 25.1 Å². The van der Waals surface area contributed by atoms with Crippen LogP contribution in [0, 0.1) is 6.92 Å². The van der Waals surface area contributed by atoms with Gasteiger partial charge in [0.1, 0.15) is 23.7 Å². The van der Waals surface area contributed by atoms with Gasteiger partial charge in [0.15, 0.2) is 0 Å². The van der Waals surface area contributed by atoms with Crippen molar-refractivity contribution in [2.24, 2.45) is 7.05 Å². The molecule has 1 aromatic carbocycles. The average molecular weight is 435 g/mol. The molecule has 0 saturated carbocycles. The van der Waals surface area contributed by atoms with Crippen molar-refractivity contribution in [1.29, 1.82) is 0 Å². The molecule has 2 atom stereocenters. The average Bonchev–Trinajstić information content (AvgIpc) is 3.08. The molecule has 0 spiro atoms. The predicted molar refractivity (Wildman–Crippen MR) is 103 cm³/mol. The number of hydrogen-bond donors (Lipinski definition) is 1. The number of benzene rings is 1. The number of aromatic nitrogens is 4. The van der Waals surface area contributed by atoms with E-state index in [2.05, 4.69) is 20.3 Å². The smallest absolute Gasteiger partial charge is 0.376 e. The third-order valence-electron chi connectivity index (χ3n) is 5.03. The number of carbonyl (C=O) groups is 1. The van der Waals surface area contributed by atoms with Crippen molar-refractivity contribution in [2.45, 2.75) is 25.2 Å². The largest absolute Gasteiger partial charge is 0.416 e. The first-order valence-electron chi connectivity index (χ1n) is 9.56. The second-order valence-electron chi connectivity index (χ2n) is 7.21. The van der Waals surface area contributed by atoms with Gasteiger partial charge in [-0.15, -0.1) is 0 Å². The van der Waals surface area contributed by atoms with E-state index in [1.54, 1.807) is 18.5 Å². The van der Waals surface area contributed by atoms with Crippen molar-refractivity contribution in [2.75, 3.05) is 19.8 Å². The van der Waals surface area contributed by atoms with Crippen LogP contribution in [0.2, 0.25) is 0 Å². The molecular weight excluding hydrogens is 415 g/mol. The van der Waals surface area contributed by atoms with Crippen LogP contribution in [-0.2, 0) is 22.7 Å². The van der Waals surface area contributed by atoms with Gasteiger partial charge in [-0.3, -0.25) is 9.78 Å². The Labute approximate surface area is 175 Å². The fourth-order valence-electron chi connectivity index (χ4n) is 3.42.